The van der Waals surface area contributed by atoms with Gasteiger partial charge in [0.25, 0.3) is 0 Å². The van der Waals surface area contributed by atoms with Gasteiger partial charge in [-0.15, -0.1) is 11.8 Å². The molecular formula is C8H16INOS. The van der Waals surface area contributed by atoms with E-state index in [0.29, 0.717) is 3.26 Å². The molecule has 2 nitrogen and oxygen atoms in total. The molecule has 0 aromatic carbocycles. The Balaban J connectivity index is 2.84. The molecule has 1 saturated heterocycles. The third-order valence-corrected chi connectivity index (χ3v) is 4.54. The van der Waals surface area contributed by atoms with Crippen molar-refractivity contribution < 1.29 is 5.21 Å². The lowest BCUT2D eigenvalue weighted by molar-refractivity contribution is -0.200. The minimum absolute atomic E-state index is 0.0966. The first-order chi connectivity index (χ1) is 5.26. The lowest BCUT2D eigenvalue weighted by Crippen LogP contribution is -2.56. The van der Waals surface area contributed by atoms with Crippen molar-refractivity contribution in [2.75, 3.05) is 0 Å². The van der Waals surface area contributed by atoms with Gasteiger partial charge in [0.15, 0.2) is 0 Å². The molecule has 72 valence electrons. The Morgan fingerprint density at radius 2 is 1.92 bits per heavy atom. The number of hydrogen-bond donors (Lipinski definition) is 1. The summed E-state index contributed by atoms with van der Waals surface area (Å²) in [6.07, 6.45) is 1.03. The molecule has 1 aliphatic rings. The fourth-order valence-corrected chi connectivity index (χ4v) is 6.02. The van der Waals surface area contributed by atoms with Crippen molar-refractivity contribution in [2.45, 2.75) is 47.8 Å². The smallest absolute Gasteiger partial charge is 0.0870 e. The van der Waals surface area contributed by atoms with E-state index in [1.54, 1.807) is 0 Å². The molecule has 1 aliphatic heterocycles. The van der Waals surface area contributed by atoms with Crippen molar-refractivity contribution in [1.82, 2.24) is 5.06 Å². The second kappa shape index (κ2) is 3.29. The fourth-order valence-electron chi connectivity index (χ4n) is 1.61. The Bertz CT molecular complexity index is 166. The summed E-state index contributed by atoms with van der Waals surface area (Å²) in [6.45, 7) is 8.29. The zero-order valence-corrected chi connectivity index (χ0v) is 10.9. The van der Waals surface area contributed by atoms with Crippen molar-refractivity contribution in [3.63, 3.8) is 0 Å². The summed E-state index contributed by atoms with van der Waals surface area (Å²) in [6, 6.07) is 0. The van der Waals surface area contributed by atoms with Crippen molar-refractivity contribution in [2.24, 2.45) is 0 Å². The summed E-state index contributed by atoms with van der Waals surface area (Å²) in [5, 5.41) is 11.4. The van der Waals surface area contributed by atoms with Crippen LogP contribution < -0.4 is 0 Å². The van der Waals surface area contributed by atoms with Crippen LogP contribution in [0, 0.1) is 0 Å². The molecule has 1 rings (SSSR count). The molecule has 0 amide bonds. The van der Waals surface area contributed by atoms with Crippen LogP contribution in [0.25, 0.3) is 0 Å². The Labute approximate surface area is 92.2 Å². The second-order valence-electron chi connectivity index (χ2n) is 4.30. The topological polar surface area (TPSA) is 23.5 Å². The quantitative estimate of drug-likeness (QED) is 0.549. The predicted octanol–water partition coefficient (Wildman–Crippen LogP) is 3.09. The zero-order chi connectivity index (χ0) is 9.57. The van der Waals surface area contributed by atoms with Crippen molar-refractivity contribution >= 4 is 34.4 Å². The second-order valence-corrected chi connectivity index (χ2v) is 8.46. The van der Waals surface area contributed by atoms with E-state index in [1.165, 1.54) is 5.06 Å². The molecule has 1 atom stereocenters. The number of hydrogen-bond acceptors (Lipinski definition) is 3. The van der Waals surface area contributed by atoms with Crippen LogP contribution in [0.2, 0.25) is 0 Å². The highest BCUT2D eigenvalue weighted by molar-refractivity contribution is 14.1. The minimum Gasteiger partial charge on any atom is -0.312 e. The number of nitrogens with zero attached hydrogens (tertiary/aromatic N) is 1. The molecular weight excluding hydrogens is 285 g/mol. The maximum atomic E-state index is 9.89. The lowest BCUT2D eigenvalue weighted by Gasteiger charge is -2.49. The lowest BCUT2D eigenvalue weighted by atomic mass is 9.99. The maximum Gasteiger partial charge on any atom is 0.0870 e. The van der Waals surface area contributed by atoms with Gasteiger partial charge in [-0.2, -0.15) is 5.06 Å². The van der Waals surface area contributed by atoms with Gasteiger partial charge in [-0.05, 0) is 34.1 Å². The fraction of sp³-hybridized carbons (Fsp3) is 1.00. The minimum atomic E-state index is -0.159. The van der Waals surface area contributed by atoms with Crippen LogP contribution >= 0.6 is 34.4 Å². The molecule has 0 aliphatic carbocycles. The molecule has 1 heterocycles. The summed E-state index contributed by atoms with van der Waals surface area (Å²) in [5.74, 6) is 0. The molecule has 0 saturated carbocycles. The van der Waals surface area contributed by atoms with Crippen LogP contribution in [0.4, 0.5) is 0 Å². The molecule has 1 fully saturated rings. The molecule has 0 bridgehead atoms. The average Bonchev–Trinajstić information content (AvgIpc) is 1.80. The van der Waals surface area contributed by atoms with Gasteiger partial charge in [-0.3, -0.25) is 0 Å². The van der Waals surface area contributed by atoms with E-state index < -0.39 is 0 Å². The Kier molecular flexibility index (Phi) is 3.04. The van der Waals surface area contributed by atoms with Crippen LogP contribution in [0.1, 0.15) is 34.1 Å². The summed E-state index contributed by atoms with van der Waals surface area (Å²) < 4.78 is 0.594. The monoisotopic (exact) mass is 301 g/mol. The number of halogens is 1. The van der Waals surface area contributed by atoms with E-state index in [-0.39, 0.29) is 10.4 Å². The largest absolute Gasteiger partial charge is 0.312 e. The summed E-state index contributed by atoms with van der Waals surface area (Å²) in [5.41, 5.74) is -0.0966. The van der Waals surface area contributed by atoms with Crippen LogP contribution in [0.5, 0.6) is 0 Å². The first kappa shape index (κ1) is 11.1. The molecule has 1 N–H and O–H groups in total. The highest BCUT2D eigenvalue weighted by Crippen LogP contribution is 2.46. The van der Waals surface area contributed by atoms with Crippen molar-refractivity contribution in [3.8, 4) is 0 Å². The molecule has 0 aromatic heterocycles. The number of rotatable bonds is 0. The number of thioether (sulfide) groups is 1. The van der Waals surface area contributed by atoms with Crippen LogP contribution in [0.15, 0.2) is 0 Å². The van der Waals surface area contributed by atoms with Gasteiger partial charge in [0, 0.05) is 5.54 Å². The van der Waals surface area contributed by atoms with E-state index in [9.17, 15) is 5.21 Å². The van der Waals surface area contributed by atoms with Crippen LogP contribution in [-0.4, -0.2) is 23.9 Å². The SMILES string of the molecule is CC1(C)CC(I)SC(C)(C)N1O. The van der Waals surface area contributed by atoms with E-state index in [4.69, 9.17) is 0 Å². The summed E-state index contributed by atoms with van der Waals surface area (Å²) in [4.78, 5) is -0.159. The third-order valence-electron chi connectivity index (χ3n) is 2.16. The number of hydroxylamine groups is 2. The van der Waals surface area contributed by atoms with Crippen LogP contribution in [0.3, 0.4) is 0 Å². The normalized spacial score (nSPS) is 35.0. The standard InChI is InChI=1S/C8H16INOS/c1-7(2)5-6(9)12-8(3,4)10(7)11/h6,11H,5H2,1-4H3. The maximum absolute atomic E-state index is 9.89. The van der Waals surface area contributed by atoms with Gasteiger partial charge in [0.2, 0.25) is 0 Å². The van der Waals surface area contributed by atoms with Gasteiger partial charge in [-0.1, -0.05) is 22.6 Å². The Morgan fingerprint density at radius 3 is 2.33 bits per heavy atom. The van der Waals surface area contributed by atoms with Crippen LogP contribution in [-0.2, 0) is 0 Å². The molecule has 0 spiro atoms. The van der Waals surface area contributed by atoms with Crippen molar-refractivity contribution in [1.29, 1.82) is 0 Å². The molecule has 4 heteroatoms. The van der Waals surface area contributed by atoms with Gasteiger partial charge in [-0.25, -0.2) is 0 Å². The summed E-state index contributed by atoms with van der Waals surface area (Å²) in [7, 11) is 0. The van der Waals surface area contributed by atoms with E-state index in [1.807, 2.05) is 11.8 Å². The van der Waals surface area contributed by atoms with Crippen molar-refractivity contribution in [3.05, 3.63) is 0 Å². The Morgan fingerprint density at radius 1 is 1.42 bits per heavy atom. The van der Waals surface area contributed by atoms with Gasteiger partial charge >= 0.3 is 0 Å². The first-order valence-corrected chi connectivity index (χ1v) is 6.19. The third kappa shape index (κ3) is 2.08. The molecule has 1 unspecified atom stereocenters. The average molecular weight is 301 g/mol. The highest BCUT2D eigenvalue weighted by atomic mass is 127. The van der Waals surface area contributed by atoms with Gasteiger partial charge in [0.1, 0.15) is 0 Å². The Hall–Kier alpha value is 1.00. The number of alkyl halides is 1. The van der Waals surface area contributed by atoms with E-state index >= 15 is 0 Å². The van der Waals surface area contributed by atoms with E-state index in [2.05, 4.69) is 50.3 Å². The van der Waals surface area contributed by atoms with E-state index in [0.717, 1.165) is 6.42 Å². The first-order valence-electron chi connectivity index (χ1n) is 4.07. The molecule has 0 radical (unpaired) electrons. The zero-order valence-electron chi connectivity index (χ0n) is 7.97. The summed E-state index contributed by atoms with van der Waals surface area (Å²) >= 11 is 4.26. The van der Waals surface area contributed by atoms with Gasteiger partial charge in [0.05, 0.1) is 8.13 Å². The highest BCUT2D eigenvalue weighted by Gasteiger charge is 2.44. The molecule has 0 aromatic rings. The molecule has 12 heavy (non-hydrogen) atoms. The predicted molar refractivity (Wildman–Crippen MR) is 61.8 cm³/mol. The van der Waals surface area contributed by atoms with Gasteiger partial charge < -0.3 is 5.21 Å².